The first-order valence-corrected chi connectivity index (χ1v) is 13.5. The fourth-order valence-corrected chi connectivity index (χ4v) is 4.51. The fourth-order valence-electron chi connectivity index (χ4n) is 4.51. The Morgan fingerprint density at radius 3 is 2.08 bits per heavy atom. The fraction of sp³-hybridized carbons (Fsp3) is 0.229. The maximum atomic E-state index is 12.2. The molecule has 0 spiro atoms. The monoisotopic (exact) mass is 520 g/mol. The zero-order valence-electron chi connectivity index (χ0n) is 22.9. The SMILES string of the molecule is CCOC(=O)[C@H](Cc1ccc(OCC=C(C)c2ccc(-c3ccccc3)cc2-c2ccccc2)cc1)OCC. The van der Waals surface area contributed by atoms with Crippen LogP contribution < -0.4 is 4.74 Å². The van der Waals surface area contributed by atoms with E-state index in [9.17, 15) is 4.79 Å². The smallest absolute Gasteiger partial charge is 0.335 e. The minimum absolute atomic E-state index is 0.327. The van der Waals surface area contributed by atoms with Gasteiger partial charge < -0.3 is 14.2 Å². The molecule has 4 aromatic rings. The van der Waals surface area contributed by atoms with Crippen LogP contribution in [0.4, 0.5) is 0 Å². The summed E-state index contributed by atoms with van der Waals surface area (Å²) in [7, 11) is 0. The quantitative estimate of drug-likeness (QED) is 0.178. The molecule has 0 aromatic heterocycles. The minimum Gasteiger partial charge on any atom is -0.490 e. The van der Waals surface area contributed by atoms with Crippen LogP contribution in [0.2, 0.25) is 0 Å². The predicted molar refractivity (Wildman–Crippen MR) is 159 cm³/mol. The van der Waals surface area contributed by atoms with Gasteiger partial charge >= 0.3 is 5.97 Å². The van der Waals surface area contributed by atoms with Gasteiger partial charge in [-0.15, -0.1) is 0 Å². The molecule has 0 amide bonds. The molecule has 200 valence electrons. The van der Waals surface area contributed by atoms with E-state index >= 15 is 0 Å². The van der Waals surface area contributed by atoms with Crippen molar-refractivity contribution in [1.29, 1.82) is 0 Å². The lowest BCUT2D eigenvalue weighted by Crippen LogP contribution is -2.28. The van der Waals surface area contributed by atoms with Crippen LogP contribution in [0.15, 0.2) is 109 Å². The van der Waals surface area contributed by atoms with Gasteiger partial charge in [0.05, 0.1) is 6.61 Å². The number of rotatable bonds is 12. The molecule has 4 nitrogen and oxygen atoms in total. The predicted octanol–water partition coefficient (Wildman–Crippen LogP) is 8.01. The second-order valence-electron chi connectivity index (χ2n) is 9.23. The number of benzene rings is 4. The molecule has 0 aliphatic rings. The zero-order valence-corrected chi connectivity index (χ0v) is 22.9. The van der Waals surface area contributed by atoms with Crippen LogP contribution in [0.1, 0.15) is 31.9 Å². The summed E-state index contributed by atoms with van der Waals surface area (Å²) in [5, 5.41) is 0. The van der Waals surface area contributed by atoms with Crippen LogP contribution in [-0.4, -0.2) is 31.9 Å². The summed E-state index contributed by atoms with van der Waals surface area (Å²) in [6.45, 7) is 7.04. The van der Waals surface area contributed by atoms with Crippen molar-refractivity contribution in [2.45, 2.75) is 33.3 Å². The van der Waals surface area contributed by atoms with Gasteiger partial charge in [0.25, 0.3) is 0 Å². The number of esters is 1. The van der Waals surface area contributed by atoms with Gasteiger partial charge in [0.15, 0.2) is 6.10 Å². The Morgan fingerprint density at radius 2 is 1.44 bits per heavy atom. The van der Waals surface area contributed by atoms with Crippen LogP contribution in [0.5, 0.6) is 5.75 Å². The van der Waals surface area contributed by atoms with Crippen molar-refractivity contribution in [3.63, 3.8) is 0 Å². The normalized spacial score (nSPS) is 12.1. The summed E-state index contributed by atoms with van der Waals surface area (Å²) >= 11 is 0. The molecule has 0 N–H and O–H groups in total. The van der Waals surface area contributed by atoms with E-state index in [1.807, 2.05) is 43.3 Å². The lowest BCUT2D eigenvalue weighted by molar-refractivity contribution is -0.156. The molecule has 1 atom stereocenters. The molecule has 0 saturated carbocycles. The van der Waals surface area contributed by atoms with E-state index in [0.717, 1.165) is 16.9 Å². The average Bonchev–Trinajstić information content (AvgIpc) is 2.98. The summed E-state index contributed by atoms with van der Waals surface area (Å²) in [5.74, 6) is 0.446. The highest BCUT2D eigenvalue weighted by molar-refractivity contribution is 5.84. The summed E-state index contributed by atoms with van der Waals surface area (Å²) in [5.41, 5.74) is 8.09. The second kappa shape index (κ2) is 14.1. The van der Waals surface area contributed by atoms with Crippen molar-refractivity contribution in [3.05, 3.63) is 120 Å². The Labute approximate surface area is 231 Å². The third-order valence-corrected chi connectivity index (χ3v) is 6.54. The Bertz CT molecular complexity index is 1360. The molecule has 39 heavy (non-hydrogen) atoms. The van der Waals surface area contributed by atoms with Crippen molar-refractivity contribution < 1.29 is 19.0 Å². The average molecular weight is 521 g/mol. The van der Waals surface area contributed by atoms with Crippen molar-refractivity contribution in [3.8, 4) is 28.0 Å². The van der Waals surface area contributed by atoms with E-state index in [1.165, 1.54) is 27.8 Å². The van der Waals surface area contributed by atoms with E-state index in [4.69, 9.17) is 14.2 Å². The highest BCUT2D eigenvalue weighted by atomic mass is 16.6. The molecular formula is C35H36O4. The lowest BCUT2D eigenvalue weighted by atomic mass is 9.91. The number of allylic oxidation sites excluding steroid dienone is 1. The van der Waals surface area contributed by atoms with E-state index in [2.05, 4.69) is 79.7 Å². The van der Waals surface area contributed by atoms with Crippen molar-refractivity contribution in [2.24, 2.45) is 0 Å². The lowest BCUT2D eigenvalue weighted by Gasteiger charge is -2.16. The first-order chi connectivity index (χ1) is 19.1. The summed E-state index contributed by atoms with van der Waals surface area (Å²) in [4.78, 5) is 12.2. The third kappa shape index (κ3) is 7.68. The maximum absolute atomic E-state index is 12.2. The van der Waals surface area contributed by atoms with E-state index in [1.54, 1.807) is 6.92 Å². The van der Waals surface area contributed by atoms with E-state index in [0.29, 0.717) is 26.2 Å². The molecule has 0 saturated heterocycles. The molecule has 4 rings (SSSR count). The van der Waals surface area contributed by atoms with Crippen LogP contribution in [0, 0.1) is 0 Å². The van der Waals surface area contributed by atoms with Crippen molar-refractivity contribution >= 4 is 11.5 Å². The molecule has 0 unspecified atom stereocenters. The maximum Gasteiger partial charge on any atom is 0.335 e. The van der Waals surface area contributed by atoms with Gasteiger partial charge in [-0.05, 0) is 84.0 Å². The van der Waals surface area contributed by atoms with Crippen LogP contribution in [0.3, 0.4) is 0 Å². The molecule has 4 heteroatoms. The van der Waals surface area contributed by atoms with Crippen molar-refractivity contribution in [2.75, 3.05) is 19.8 Å². The zero-order chi connectivity index (χ0) is 27.5. The molecular weight excluding hydrogens is 484 g/mol. The van der Waals surface area contributed by atoms with Gasteiger partial charge in [-0.2, -0.15) is 0 Å². The first-order valence-electron chi connectivity index (χ1n) is 13.5. The first kappa shape index (κ1) is 27.9. The Morgan fingerprint density at radius 1 is 0.769 bits per heavy atom. The number of carbonyl (C=O) groups excluding carboxylic acids is 1. The standard InChI is InChI=1S/C35H36O4/c1-4-37-34(35(36)38-5-2)24-27-16-19-31(20-17-27)39-23-22-26(3)32-21-18-30(28-12-8-6-9-13-28)25-33(32)29-14-10-7-11-15-29/h6-22,25,34H,4-5,23-24H2,1-3H3/t34-/m0/s1. The van der Waals surface area contributed by atoms with Crippen LogP contribution in [0.25, 0.3) is 27.8 Å². The van der Waals surface area contributed by atoms with Gasteiger partial charge in [-0.25, -0.2) is 4.79 Å². The molecule has 0 heterocycles. The second-order valence-corrected chi connectivity index (χ2v) is 9.23. The third-order valence-electron chi connectivity index (χ3n) is 6.54. The van der Waals surface area contributed by atoms with Gasteiger partial charge in [0, 0.05) is 13.0 Å². The topological polar surface area (TPSA) is 44.8 Å². The Balaban J connectivity index is 1.46. The summed E-state index contributed by atoms with van der Waals surface area (Å²) < 4.78 is 16.8. The number of hydrogen-bond acceptors (Lipinski definition) is 4. The van der Waals surface area contributed by atoms with Gasteiger partial charge in [0.2, 0.25) is 0 Å². The summed E-state index contributed by atoms with van der Waals surface area (Å²) in [6.07, 6.45) is 1.98. The highest BCUT2D eigenvalue weighted by Crippen LogP contribution is 2.33. The molecule has 0 aliphatic carbocycles. The Kier molecular flexibility index (Phi) is 10.1. The van der Waals surface area contributed by atoms with E-state index in [-0.39, 0.29) is 5.97 Å². The van der Waals surface area contributed by atoms with E-state index < -0.39 is 6.10 Å². The molecule has 0 bridgehead atoms. The van der Waals surface area contributed by atoms with Gasteiger partial charge in [-0.1, -0.05) is 84.9 Å². The molecule has 0 radical (unpaired) electrons. The van der Waals surface area contributed by atoms with Gasteiger partial charge in [-0.3, -0.25) is 0 Å². The van der Waals surface area contributed by atoms with Crippen molar-refractivity contribution in [1.82, 2.24) is 0 Å². The summed E-state index contributed by atoms with van der Waals surface area (Å²) in [6, 6.07) is 35.4. The highest BCUT2D eigenvalue weighted by Gasteiger charge is 2.20. The Hall–Kier alpha value is -4.15. The number of carbonyl (C=O) groups is 1. The van der Waals surface area contributed by atoms with Crippen LogP contribution >= 0.6 is 0 Å². The molecule has 4 aromatic carbocycles. The largest absolute Gasteiger partial charge is 0.490 e. The number of ether oxygens (including phenoxy) is 3. The number of hydrogen-bond donors (Lipinski definition) is 0. The molecule has 0 aliphatic heterocycles. The minimum atomic E-state index is -0.598. The van der Waals surface area contributed by atoms with Crippen LogP contribution in [-0.2, 0) is 20.7 Å². The van der Waals surface area contributed by atoms with Gasteiger partial charge in [0.1, 0.15) is 12.4 Å². The molecule has 0 fully saturated rings.